The minimum Gasteiger partial charge on any atom is -0.249 e. The van der Waals surface area contributed by atoms with Crippen molar-refractivity contribution in [3.05, 3.63) is 29.0 Å². The van der Waals surface area contributed by atoms with Crippen molar-refractivity contribution in [2.24, 2.45) is 0 Å². The van der Waals surface area contributed by atoms with E-state index in [-0.39, 0.29) is 23.1 Å². The van der Waals surface area contributed by atoms with E-state index in [2.05, 4.69) is 20.9 Å². The third kappa shape index (κ3) is 2.64. The van der Waals surface area contributed by atoms with Crippen molar-refractivity contribution in [2.45, 2.75) is 0 Å². The summed E-state index contributed by atoms with van der Waals surface area (Å²) in [7, 11) is 0. The molecule has 38 valence electrons. The Labute approximate surface area is 72.8 Å². The molecule has 0 unspecified atom stereocenters. The molecule has 0 saturated carbocycles. The predicted octanol–water partition coefficient (Wildman–Crippen LogP) is 1.46. The van der Waals surface area contributed by atoms with Gasteiger partial charge < -0.3 is 0 Å². The van der Waals surface area contributed by atoms with Crippen LogP contribution in [0.4, 0.5) is 0 Å². The van der Waals surface area contributed by atoms with Gasteiger partial charge in [-0.1, -0.05) is 6.07 Å². The van der Waals surface area contributed by atoms with E-state index in [0.29, 0.717) is 0 Å². The van der Waals surface area contributed by atoms with Gasteiger partial charge in [-0.05, 0) is 28.1 Å². The Morgan fingerprint density at radius 2 is 2.12 bits per heavy atom. The largest absolute Gasteiger partial charge is 0.249 e. The zero-order chi connectivity index (χ0) is 5.11. The van der Waals surface area contributed by atoms with Gasteiger partial charge in [0.15, 0.2) is 0 Å². The maximum atomic E-state index is 3.90. The van der Waals surface area contributed by atoms with E-state index in [1.165, 1.54) is 0 Å². The number of nitrogens with zero attached hydrogens (tertiary/aromatic N) is 1. The number of rotatable bonds is 0. The minimum atomic E-state index is 0. The Hall–Kier alpha value is 0.396. The molecule has 1 aromatic rings. The Balaban J connectivity index is 0.000000490. The molecule has 0 aliphatic heterocycles. The highest BCUT2D eigenvalue weighted by Crippen LogP contribution is 2.00. The molecule has 2 radical (unpaired) electrons. The van der Waals surface area contributed by atoms with Crippen molar-refractivity contribution in [2.75, 3.05) is 0 Å². The molecule has 1 rings (SSSR count). The molecule has 0 bridgehead atoms. The van der Waals surface area contributed by atoms with Crippen LogP contribution >= 0.6 is 15.9 Å². The molecule has 0 aromatic carbocycles. The predicted molar refractivity (Wildman–Crippen MR) is 37.7 cm³/mol. The van der Waals surface area contributed by atoms with Crippen molar-refractivity contribution in [1.82, 2.24) is 4.98 Å². The number of halogens is 1. The van der Waals surface area contributed by atoms with Crippen molar-refractivity contribution in [3.63, 3.8) is 0 Å². The molecule has 1 aromatic heterocycles. The zero-order valence-electron chi connectivity index (χ0n) is 4.34. The first-order valence-corrected chi connectivity index (χ1v) is 2.75. The molecule has 0 aliphatic carbocycles. The minimum absolute atomic E-state index is 0. The van der Waals surface area contributed by atoms with Crippen LogP contribution in [0, 0.1) is 0 Å². The Kier molecular flexibility index (Phi) is 4.50. The molecular weight excluding hydrogens is 178 g/mol. The van der Waals surface area contributed by atoms with Gasteiger partial charge in [-0.15, -0.1) is 0 Å². The molecule has 1 heterocycles. The number of hydrogen-bond donors (Lipinski definition) is 0. The Morgan fingerprint density at radius 1 is 1.38 bits per heavy atom. The van der Waals surface area contributed by atoms with E-state index >= 15 is 0 Å². The van der Waals surface area contributed by atoms with Crippen LogP contribution < -0.4 is 0 Å². The number of aromatic nitrogens is 1. The lowest BCUT2D eigenvalue weighted by Crippen LogP contribution is -1.66. The second-order valence-corrected chi connectivity index (χ2v) is 1.96. The van der Waals surface area contributed by atoms with Gasteiger partial charge in [-0.25, -0.2) is 4.98 Å². The fraction of sp³-hybridized carbons (Fsp3) is 0. The van der Waals surface area contributed by atoms with Crippen LogP contribution in [-0.4, -0.2) is 28.0 Å². The standard InChI is InChI=1S/C5H4BrN.Mg/c6-5-3-1-2-4-7-5;/h1-4H;. The van der Waals surface area contributed by atoms with Crippen LogP contribution in [0.2, 0.25) is 0 Å². The highest BCUT2D eigenvalue weighted by Gasteiger charge is 1.75. The average molecular weight is 182 g/mol. The van der Waals surface area contributed by atoms with Crippen LogP contribution in [0.1, 0.15) is 0 Å². The maximum Gasteiger partial charge on any atom is 0.106 e. The molecule has 0 aliphatic rings. The molecule has 0 atom stereocenters. The summed E-state index contributed by atoms with van der Waals surface area (Å²) < 4.78 is 0.884. The van der Waals surface area contributed by atoms with E-state index in [1.54, 1.807) is 6.20 Å². The van der Waals surface area contributed by atoms with E-state index in [4.69, 9.17) is 0 Å². The van der Waals surface area contributed by atoms with Gasteiger partial charge in [0.2, 0.25) is 0 Å². The normalized spacial score (nSPS) is 7.62. The Bertz CT molecular complexity index is 142. The molecular formula is C5H4BrMgN. The molecule has 3 heteroatoms. The second kappa shape index (κ2) is 4.29. The van der Waals surface area contributed by atoms with E-state index in [1.807, 2.05) is 18.2 Å². The summed E-state index contributed by atoms with van der Waals surface area (Å²) in [5.41, 5.74) is 0. The molecule has 1 nitrogen and oxygen atoms in total. The average Bonchev–Trinajstić information content (AvgIpc) is 1.69. The van der Waals surface area contributed by atoms with Crippen LogP contribution in [0.5, 0.6) is 0 Å². The van der Waals surface area contributed by atoms with Gasteiger partial charge >= 0.3 is 0 Å². The van der Waals surface area contributed by atoms with Crippen molar-refractivity contribution in [1.29, 1.82) is 0 Å². The summed E-state index contributed by atoms with van der Waals surface area (Å²) in [5.74, 6) is 0. The van der Waals surface area contributed by atoms with Gasteiger partial charge in [-0.3, -0.25) is 0 Å². The zero-order valence-corrected chi connectivity index (χ0v) is 7.34. The van der Waals surface area contributed by atoms with Gasteiger partial charge in [0.05, 0.1) is 0 Å². The third-order valence-corrected chi connectivity index (χ3v) is 1.10. The van der Waals surface area contributed by atoms with Gasteiger partial charge in [-0.2, -0.15) is 0 Å². The molecule has 0 N–H and O–H groups in total. The molecule has 0 fully saturated rings. The lowest BCUT2D eigenvalue weighted by atomic mass is 10.5. The Morgan fingerprint density at radius 3 is 2.38 bits per heavy atom. The fourth-order valence-corrected chi connectivity index (χ4v) is 0.613. The first kappa shape index (κ1) is 8.40. The summed E-state index contributed by atoms with van der Waals surface area (Å²) in [4.78, 5) is 3.90. The summed E-state index contributed by atoms with van der Waals surface area (Å²) in [6, 6.07) is 5.70. The molecule has 0 amide bonds. The van der Waals surface area contributed by atoms with Gasteiger partial charge in [0, 0.05) is 29.2 Å². The van der Waals surface area contributed by atoms with E-state index < -0.39 is 0 Å². The van der Waals surface area contributed by atoms with Gasteiger partial charge in [0.1, 0.15) is 4.60 Å². The first-order valence-electron chi connectivity index (χ1n) is 1.96. The fourth-order valence-electron chi connectivity index (χ4n) is 0.342. The molecule has 8 heavy (non-hydrogen) atoms. The highest BCUT2D eigenvalue weighted by molar-refractivity contribution is 9.10. The molecule has 0 spiro atoms. The molecule has 0 saturated heterocycles. The summed E-state index contributed by atoms with van der Waals surface area (Å²) in [6.45, 7) is 0. The quantitative estimate of drug-likeness (QED) is 0.437. The highest BCUT2D eigenvalue weighted by atomic mass is 79.9. The lowest BCUT2D eigenvalue weighted by molar-refractivity contribution is 1.28. The van der Waals surface area contributed by atoms with E-state index in [0.717, 1.165) is 4.60 Å². The van der Waals surface area contributed by atoms with Crippen molar-refractivity contribution >= 4 is 39.0 Å². The summed E-state index contributed by atoms with van der Waals surface area (Å²) in [5, 5.41) is 0. The van der Waals surface area contributed by atoms with Crippen LogP contribution in [0.25, 0.3) is 0 Å². The smallest absolute Gasteiger partial charge is 0.106 e. The monoisotopic (exact) mass is 181 g/mol. The second-order valence-electron chi connectivity index (χ2n) is 1.15. The number of hydrogen-bond acceptors (Lipinski definition) is 1. The van der Waals surface area contributed by atoms with Crippen LogP contribution in [-0.2, 0) is 0 Å². The SMILES string of the molecule is Brc1ccccn1.[Mg]. The van der Waals surface area contributed by atoms with Gasteiger partial charge in [0.25, 0.3) is 0 Å². The lowest BCUT2D eigenvalue weighted by Gasteiger charge is -1.80. The summed E-state index contributed by atoms with van der Waals surface area (Å²) >= 11 is 3.20. The van der Waals surface area contributed by atoms with Crippen LogP contribution in [0.15, 0.2) is 29.0 Å². The first-order chi connectivity index (χ1) is 3.39. The maximum absolute atomic E-state index is 3.90. The third-order valence-electron chi connectivity index (χ3n) is 0.629. The van der Waals surface area contributed by atoms with Crippen molar-refractivity contribution in [3.8, 4) is 0 Å². The number of pyridine rings is 1. The van der Waals surface area contributed by atoms with Crippen LogP contribution in [0.3, 0.4) is 0 Å². The van der Waals surface area contributed by atoms with Crippen molar-refractivity contribution < 1.29 is 0 Å². The van der Waals surface area contributed by atoms with E-state index in [9.17, 15) is 0 Å². The summed E-state index contributed by atoms with van der Waals surface area (Å²) in [6.07, 6.45) is 1.74. The topological polar surface area (TPSA) is 12.9 Å².